The van der Waals surface area contributed by atoms with Gasteiger partial charge in [-0.3, -0.25) is 10.1 Å². The van der Waals surface area contributed by atoms with Crippen LogP contribution in [-0.2, 0) is 11.3 Å². The monoisotopic (exact) mass is 295 g/mol. The lowest BCUT2D eigenvalue weighted by Crippen LogP contribution is -2.18. The van der Waals surface area contributed by atoms with Gasteiger partial charge in [0.2, 0.25) is 5.89 Å². The van der Waals surface area contributed by atoms with Crippen molar-refractivity contribution >= 4 is 5.69 Å². The Morgan fingerprint density at radius 2 is 2.33 bits per heavy atom. The molecule has 1 heterocycles. The van der Waals surface area contributed by atoms with Crippen molar-refractivity contribution in [2.75, 3.05) is 20.3 Å². The summed E-state index contributed by atoms with van der Waals surface area (Å²) in [5.41, 5.74) is -0.173. The smallest absolute Gasteiger partial charge is 0.272 e. The molecule has 0 radical (unpaired) electrons. The number of aromatic nitrogens is 1. The van der Waals surface area contributed by atoms with Crippen LogP contribution in [0, 0.1) is 15.9 Å². The molecule has 0 aliphatic carbocycles. The Morgan fingerprint density at radius 1 is 1.52 bits per heavy atom. The lowest BCUT2D eigenvalue weighted by molar-refractivity contribution is -0.385. The Labute approximate surface area is 119 Å². The van der Waals surface area contributed by atoms with Gasteiger partial charge in [0.05, 0.1) is 35.9 Å². The fourth-order valence-electron chi connectivity index (χ4n) is 1.70. The van der Waals surface area contributed by atoms with Gasteiger partial charge in [0.25, 0.3) is 5.69 Å². The van der Waals surface area contributed by atoms with Crippen molar-refractivity contribution < 1.29 is 18.5 Å². The lowest BCUT2D eigenvalue weighted by atomic mass is 10.1. The van der Waals surface area contributed by atoms with Crippen LogP contribution in [0.3, 0.4) is 0 Å². The Balaban J connectivity index is 2.08. The summed E-state index contributed by atoms with van der Waals surface area (Å²) >= 11 is 0. The number of ether oxygens (including phenoxy) is 1. The molecule has 0 saturated heterocycles. The summed E-state index contributed by atoms with van der Waals surface area (Å²) in [7, 11) is 1.60. The van der Waals surface area contributed by atoms with E-state index in [0.29, 0.717) is 25.6 Å². The molecule has 0 saturated carbocycles. The van der Waals surface area contributed by atoms with Gasteiger partial charge >= 0.3 is 0 Å². The Kier molecular flexibility index (Phi) is 4.96. The highest BCUT2D eigenvalue weighted by Gasteiger charge is 2.15. The van der Waals surface area contributed by atoms with E-state index in [1.54, 1.807) is 7.11 Å². The van der Waals surface area contributed by atoms with E-state index in [2.05, 4.69) is 10.3 Å². The predicted octanol–water partition coefficient (Wildman–Crippen LogP) is 2.12. The van der Waals surface area contributed by atoms with Crippen LogP contribution < -0.4 is 5.32 Å². The first-order valence-corrected chi connectivity index (χ1v) is 6.20. The third-order valence-corrected chi connectivity index (χ3v) is 2.74. The number of rotatable bonds is 7. The van der Waals surface area contributed by atoms with Crippen molar-refractivity contribution in [3.8, 4) is 11.3 Å². The third-order valence-electron chi connectivity index (χ3n) is 2.74. The number of oxazole rings is 1. The van der Waals surface area contributed by atoms with Crippen molar-refractivity contribution in [1.82, 2.24) is 10.3 Å². The molecule has 1 aromatic carbocycles. The Bertz CT molecular complexity index is 630. The van der Waals surface area contributed by atoms with E-state index in [1.165, 1.54) is 18.3 Å². The number of nitro benzene ring substituents is 1. The summed E-state index contributed by atoms with van der Waals surface area (Å²) in [5, 5.41) is 13.6. The number of nitrogens with one attached hydrogen (secondary N) is 1. The fraction of sp³-hybridized carbons (Fsp3) is 0.308. The number of nitrogens with zero attached hydrogens (tertiary/aromatic N) is 2. The lowest BCUT2D eigenvalue weighted by Gasteiger charge is -2.01. The van der Waals surface area contributed by atoms with E-state index in [9.17, 15) is 14.5 Å². The average molecular weight is 295 g/mol. The van der Waals surface area contributed by atoms with E-state index >= 15 is 0 Å². The number of benzene rings is 1. The predicted molar refractivity (Wildman–Crippen MR) is 72.1 cm³/mol. The molecule has 0 unspecified atom stereocenters. The summed E-state index contributed by atoms with van der Waals surface area (Å²) in [6.45, 7) is 1.59. The van der Waals surface area contributed by atoms with Crippen molar-refractivity contribution in [3.63, 3.8) is 0 Å². The van der Waals surface area contributed by atoms with Crippen LogP contribution in [-0.4, -0.2) is 30.2 Å². The van der Waals surface area contributed by atoms with Gasteiger partial charge in [-0.15, -0.1) is 0 Å². The minimum Gasteiger partial charge on any atom is -0.439 e. The highest BCUT2D eigenvalue weighted by Crippen LogP contribution is 2.26. The molecule has 2 aromatic rings. The first-order valence-electron chi connectivity index (χ1n) is 6.20. The molecule has 112 valence electrons. The largest absolute Gasteiger partial charge is 0.439 e. The second kappa shape index (κ2) is 6.91. The van der Waals surface area contributed by atoms with Gasteiger partial charge in [0.15, 0.2) is 5.76 Å². The van der Waals surface area contributed by atoms with Crippen molar-refractivity contribution in [1.29, 1.82) is 0 Å². The van der Waals surface area contributed by atoms with Crippen molar-refractivity contribution in [2.45, 2.75) is 6.54 Å². The average Bonchev–Trinajstić information content (AvgIpc) is 2.92. The van der Waals surface area contributed by atoms with E-state index in [4.69, 9.17) is 9.15 Å². The molecule has 7 nitrogen and oxygen atoms in total. The van der Waals surface area contributed by atoms with Gasteiger partial charge < -0.3 is 14.5 Å². The molecule has 1 aromatic heterocycles. The van der Waals surface area contributed by atoms with Gasteiger partial charge in [-0.2, -0.15) is 0 Å². The van der Waals surface area contributed by atoms with E-state index in [1.807, 2.05) is 0 Å². The van der Waals surface area contributed by atoms with Gasteiger partial charge in [-0.1, -0.05) is 0 Å². The number of hydrogen-bond acceptors (Lipinski definition) is 6. The molecule has 8 heteroatoms. The molecular weight excluding hydrogens is 281 g/mol. The standard InChI is InChI=1S/C13H14FN3O4/c1-20-5-4-15-8-13-16-7-12(21-13)10-3-2-9(17(18)19)6-11(10)14/h2-3,6-7,15H,4-5,8H2,1H3. The minimum atomic E-state index is -0.723. The summed E-state index contributed by atoms with van der Waals surface area (Å²) in [4.78, 5) is 13.9. The first kappa shape index (κ1) is 15.1. The maximum atomic E-state index is 13.8. The van der Waals surface area contributed by atoms with Gasteiger partial charge in [0.1, 0.15) is 5.82 Å². The molecule has 0 bridgehead atoms. The van der Waals surface area contributed by atoms with Crippen LogP contribution in [0.15, 0.2) is 28.8 Å². The summed E-state index contributed by atoms with van der Waals surface area (Å²) in [6.07, 6.45) is 1.39. The second-order valence-electron chi connectivity index (χ2n) is 4.21. The molecule has 0 aliphatic heterocycles. The molecule has 0 spiro atoms. The Hall–Kier alpha value is -2.32. The van der Waals surface area contributed by atoms with Crippen LogP contribution in [0.2, 0.25) is 0 Å². The van der Waals surface area contributed by atoms with E-state index in [0.717, 1.165) is 6.07 Å². The number of nitro groups is 1. The zero-order valence-corrected chi connectivity index (χ0v) is 11.3. The molecule has 2 rings (SSSR count). The number of methoxy groups -OCH3 is 1. The number of non-ortho nitro benzene ring substituents is 1. The van der Waals surface area contributed by atoms with Crippen LogP contribution >= 0.6 is 0 Å². The quantitative estimate of drug-likeness (QED) is 0.478. The topological polar surface area (TPSA) is 90.4 Å². The summed E-state index contributed by atoms with van der Waals surface area (Å²) < 4.78 is 24.1. The van der Waals surface area contributed by atoms with Gasteiger partial charge in [-0.25, -0.2) is 9.37 Å². The molecule has 1 N–H and O–H groups in total. The van der Waals surface area contributed by atoms with Crippen LogP contribution in [0.5, 0.6) is 0 Å². The minimum absolute atomic E-state index is 0.135. The Morgan fingerprint density at radius 3 is 3.00 bits per heavy atom. The van der Waals surface area contributed by atoms with Gasteiger partial charge in [0, 0.05) is 19.7 Å². The fourth-order valence-corrected chi connectivity index (χ4v) is 1.70. The number of hydrogen-bond donors (Lipinski definition) is 1. The molecule has 0 amide bonds. The maximum absolute atomic E-state index is 13.8. The molecular formula is C13H14FN3O4. The highest BCUT2D eigenvalue weighted by atomic mass is 19.1. The molecule has 21 heavy (non-hydrogen) atoms. The third kappa shape index (κ3) is 3.83. The zero-order chi connectivity index (χ0) is 15.2. The van der Waals surface area contributed by atoms with Crippen LogP contribution in [0.4, 0.5) is 10.1 Å². The second-order valence-corrected chi connectivity index (χ2v) is 4.21. The SMILES string of the molecule is COCCNCc1ncc(-c2ccc([N+](=O)[O-])cc2F)o1. The van der Waals surface area contributed by atoms with Crippen LogP contribution in [0.1, 0.15) is 5.89 Å². The highest BCUT2D eigenvalue weighted by molar-refractivity contribution is 5.59. The van der Waals surface area contributed by atoms with Crippen molar-refractivity contribution in [2.24, 2.45) is 0 Å². The summed E-state index contributed by atoms with van der Waals surface area (Å²) in [5.74, 6) is -0.0935. The summed E-state index contributed by atoms with van der Waals surface area (Å²) in [6, 6.07) is 3.38. The van der Waals surface area contributed by atoms with Crippen molar-refractivity contribution in [3.05, 3.63) is 46.2 Å². The first-order chi connectivity index (χ1) is 10.1. The molecule has 0 aliphatic rings. The maximum Gasteiger partial charge on any atom is 0.272 e. The van der Waals surface area contributed by atoms with Crippen LogP contribution in [0.25, 0.3) is 11.3 Å². The molecule has 0 fully saturated rings. The van der Waals surface area contributed by atoms with Gasteiger partial charge in [-0.05, 0) is 6.07 Å². The zero-order valence-electron chi connectivity index (χ0n) is 11.3. The number of halogens is 1. The van der Waals surface area contributed by atoms with E-state index < -0.39 is 10.7 Å². The molecule has 0 atom stereocenters. The van der Waals surface area contributed by atoms with E-state index in [-0.39, 0.29) is 17.0 Å². The normalized spacial score (nSPS) is 10.8.